The van der Waals surface area contributed by atoms with Gasteiger partial charge in [0, 0.05) is 19.7 Å². The zero-order valence-electron chi connectivity index (χ0n) is 14.3. The Labute approximate surface area is 157 Å². The predicted molar refractivity (Wildman–Crippen MR) is 102 cm³/mol. The molecule has 4 nitrogen and oxygen atoms in total. The number of hydrogen-bond donors (Lipinski definition) is 0. The molecule has 2 aromatic carbocycles. The summed E-state index contributed by atoms with van der Waals surface area (Å²) in [6.45, 7) is 0.449. The first-order chi connectivity index (χ1) is 11.9. The van der Waals surface area contributed by atoms with E-state index in [0.29, 0.717) is 28.1 Å². The maximum absolute atomic E-state index is 12.3. The predicted octanol–water partition coefficient (Wildman–Crippen LogP) is 4.68. The van der Waals surface area contributed by atoms with E-state index in [4.69, 9.17) is 32.7 Å². The van der Waals surface area contributed by atoms with Crippen LogP contribution in [0.3, 0.4) is 0 Å². The number of carbonyl (C=O) groups excluding carboxylic acids is 1. The van der Waals surface area contributed by atoms with Crippen LogP contribution in [0.15, 0.2) is 42.5 Å². The molecule has 0 unspecified atom stereocenters. The fourth-order valence-electron chi connectivity index (χ4n) is 2.24. The van der Waals surface area contributed by atoms with E-state index in [1.165, 1.54) is 6.08 Å². The summed E-state index contributed by atoms with van der Waals surface area (Å²) in [4.78, 5) is 13.9. The van der Waals surface area contributed by atoms with E-state index < -0.39 is 0 Å². The van der Waals surface area contributed by atoms with Crippen molar-refractivity contribution in [2.45, 2.75) is 6.54 Å². The van der Waals surface area contributed by atoms with Crippen LogP contribution >= 0.6 is 23.2 Å². The molecule has 132 valence electrons. The van der Waals surface area contributed by atoms with Gasteiger partial charge in [0.1, 0.15) is 0 Å². The third-order valence-electron chi connectivity index (χ3n) is 3.61. The van der Waals surface area contributed by atoms with Gasteiger partial charge in [-0.2, -0.15) is 0 Å². The minimum atomic E-state index is -0.124. The van der Waals surface area contributed by atoms with Gasteiger partial charge in [0.05, 0.1) is 24.3 Å². The van der Waals surface area contributed by atoms with Crippen molar-refractivity contribution in [2.75, 3.05) is 21.3 Å². The summed E-state index contributed by atoms with van der Waals surface area (Å²) in [6, 6.07) is 10.8. The normalized spacial score (nSPS) is 10.8. The molecule has 2 aromatic rings. The Hall–Kier alpha value is -2.17. The number of nitrogens with zero attached hydrogens (tertiary/aromatic N) is 1. The smallest absolute Gasteiger partial charge is 0.246 e. The summed E-state index contributed by atoms with van der Waals surface area (Å²) in [7, 11) is 4.90. The topological polar surface area (TPSA) is 38.8 Å². The lowest BCUT2D eigenvalue weighted by atomic mass is 10.2. The number of ether oxygens (including phenoxy) is 2. The van der Waals surface area contributed by atoms with E-state index in [9.17, 15) is 4.79 Å². The van der Waals surface area contributed by atoms with E-state index >= 15 is 0 Å². The Morgan fingerprint density at radius 2 is 1.76 bits per heavy atom. The van der Waals surface area contributed by atoms with E-state index in [2.05, 4.69) is 0 Å². The molecule has 0 aromatic heterocycles. The minimum absolute atomic E-state index is 0.124. The zero-order chi connectivity index (χ0) is 18.4. The molecular formula is C19H19Cl2NO3. The van der Waals surface area contributed by atoms with E-state index in [1.807, 2.05) is 18.2 Å². The van der Waals surface area contributed by atoms with Gasteiger partial charge in [-0.1, -0.05) is 35.3 Å². The van der Waals surface area contributed by atoms with E-state index in [0.717, 1.165) is 11.1 Å². The maximum Gasteiger partial charge on any atom is 0.246 e. The van der Waals surface area contributed by atoms with Crippen molar-refractivity contribution in [2.24, 2.45) is 0 Å². The summed E-state index contributed by atoms with van der Waals surface area (Å²) in [5, 5.41) is 0.936. The van der Waals surface area contributed by atoms with Gasteiger partial charge >= 0.3 is 0 Å². The first-order valence-corrected chi connectivity index (χ1v) is 8.29. The fourth-order valence-corrected chi connectivity index (χ4v) is 2.55. The number of methoxy groups -OCH3 is 2. The van der Waals surface area contributed by atoms with Crippen molar-refractivity contribution < 1.29 is 14.3 Å². The SMILES string of the molecule is COc1ccc(CN(C)C(=O)/C=C/c2ccc(Cl)c(Cl)c2)cc1OC. The number of benzene rings is 2. The number of carbonyl (C=O) groups is 1. The molecule has 0 saturated carbocycles. The van der Waals surface area contributed by atoms with E-state index in [-0.39, 0.29) is 5.91 Å². The van der Waals surface area contributed by atoms with Gasteiger partial charge in [-0.25, -0.2) is 0 Å². The lowest BCUT2D eigenvalue weighted by Crippen LogP contribution is -2.24. The Morgan fingerprint density at radius 1 is 1.04 bits per heavy atom. The lowest BCUT2D eigenvalue weighted by molar-refractivity contribution is -0.125. The summed E-state index contributed by atoms with van der Waals surface area (Å²) in [5.74, 6) is 1.16. The second-order valence-corrected chi connectivity index (χ2v) is 6.20. The lowest BCUT2D eigenvalue weighted by Gasteiger charge is -2.16. The molecule has 0 heterocycles. The molecule has 0 aliphatic heterocycles. The summed E-state index contributed by atoms with van der Waals surface area (Å²) in [6.07, 6.45) is 3.20. The third kappa shape index (κ3) is 5.15. The molecule has 0 aliphatic rings. The molecule has 0 spiro atoms. The van der Waals surface area contributed by atoms with Crippen LogP contribution in [0.4, 0.5) is 0 Å². The van der Waals surface area contributed by atoms with Crippen LogP contribution in [0.5, 0.6) is 11.5 Å². The van der Waals surface area contributed by atoms with Crippen LogP contribution in [0.2, 0.25) is 10.0 Å². The van der Waals surface area contributed by atoms with Crippen molar-refractivity contribution in [1.82, 2.24) is 4.90 Å². The average Bonchev–Trinajstić information content (AvgIpc) is 2.62. The Kier molecular flexibility index (Phi) is 6.73. The highest BCUT2D eigenvalue weighted by atomic mass is 35.5. The largest absolute Gasteiger partial charge is 0.493 e. The minimum Gasteiger partial charge on any atom is -0.493 e. The number of amides is 1. The standard InChI is InChI=1S/C19H19Cl2NO3/c1-22(12-14-5-8-17(24-2)18(11-14)25-3)19(23)9-6-13-4-7-15(20)16(21)10-13/h4-11H,12H2,1-3H3/b9-6+. The Balaban J connectivity index is 2.04. The van der Waals surface area contributed by atoms with Gasteiger partial charge in [0.2, 0.25) is 5.91 Å². The van der Waals surface area contributed by atoms with Gasteiger partial charge < -0.3 is 14.4 Å². The van der Waals surface area contributed by atoms with Gasteiger partial charge in [-0.05, 0) is 41.5 Å². The molecule has 0 saturated heterocycles. The van der Waals surface area contributed by atoms with Crippen LogP contribution < -0.4 is 9.47 Å². The van der Waals surface area contributed by atoms with Crippen molar-refractivity contribution >= 4 is 35.2 Å². The van der Waals surface area contributed by atoms with Crippen LogP contribution in [0.25, 0.3) is 6.08 Å². The first-order valence-electron chi connectivity index (χ1n) is 7.53. The Morgan fingerprint density at radius 3 is 2.40 bits per heavy atom. The molecule has 6 heteroatoms. The molecule has 0 bridgehead atoms. The van der Waals surface area contributed by atoms with Gasteiger partial charge in [-0.15, -0.1) is 0 Å². The fraction of sp³-hybridized carbons (Fsp3) is 0.211. The second-order valence-electron chi connectivity index (χ2n) is 5.39. The molecule has 1 amide bonds. The second kappa shape index (κ2) is 8.79. The summed E-state index contributed by atoms with van der Waals surface area (Å²) >= 11 is 11.8. The van der Waals surface area contributed by atoms with E-state index in [1.54, 1.807) is 50.4 Å². The van der Waals surface area contributed by atoms with Crippen LogP contribution in [-0.4, -0.2) is 32.1 Å². The summed E-state index contributed by atoms with van der Waals surface area (Å²) < 4.78 is 10.5. The highest BCUT2D eigenvalue weighted by Crippen LogP contribution is 2.28. The number of likely N-dealkylation sites (N-methyl/N-ethyl adjacent to an activating group) is 1. The highest BCUT2D eigenvalue weighted by molar-refractivity contribution is 6.42. The Bertz CT molecular complexity index is 790. The van der Waals surface area contributed by atoms with Crippen molar-refractivity contribution in [3.8, 4) is 11.5 Å². The maximum atomic E-state index is 12.3. The van der Waals surface area contributed by atoms with Crippen LogP contribution in [0.1, 0.15) is 11.1 Å². The molecule has 25 heavy (non-hydrogen) atoms. The van der Waals surface area contributed by atoms with Crippen molar-refractivity contribution in [3.63, 3.8) is 0 Å². The monoisotopic (exact) mass is 379 g/mol. The quantitative estimate of drug-likeness (QED) is 0.683. The zero-order valence-corrected chi connectivity index (χ0v) is 15.8. The van der Waals surface area contributed by atoms with Crippen LogP contribution in [-0.2, 0) is 11.3 Å². The molecule has 2 rings (SSSR count). The number of hydrogen-bond acceptors (Lipinski definition) is 3. The average molecular weight is 380 g/mol. The van der Waals surface area contributed by atoms with Gasteiger partial charge in [-0.3, -0.25) is 4.79 Å². The first kappa shape index (κ1) is 19.2. The van der Waals surface area contributed by atoms with Crippen LogP contribution in [0, 0.1) is 0 Å². The van der Waals surface area contributed by atoms with Crippen molar-refractivity contribution in [3.05, 3.63) is 63.6 Å². The van der Waals surface area contributed by atoms with Gasteiger partial charge in [0.15, 0.2) is 11.5 Å². The molecule has 0 fully saturated rings. The molecular weight excluding hydrogens is 361 g/mol. The van der Waals surface area contributed by atoms with Crippen molar-refractivity contribution in [1.29, 1.82) is 0 Å². The molecule has 0 N–H and O–H groups in total. The molecule has 0 radical (unpaired) electrons. The highest BCUT2D eigenvalue weighted by Gasteiger charge is 2.09. The summed E-state index contributed by atoms with van der Waals surface area (Å²) in [5.41, 5.74) is 1.75. The third-order valence-corrected chi connectivity index (χ3v) is 4.34. The molecule has 0 atom stereocenters. The number of halogens is 2. The molecule has 0 aliphatic carbocycles. The van der Waals surface area contributed by atoms with Gasteiger partial charge in [0.25, 0.3) is 0 Å². The number of rotatable bonds is 6.